The van der Waals surface area contributed by atoms with Gasteiger partial charge in [0.15, 0.2) is 17.6 Å². The number of esters is 1. The molecule has 0 radical (unpaired) electrons. The normalized spacial score (nSPS) is 18.8. The third-order valence-corrected chi connectivity index (χ3v) is 5.78. The first-order chi connectivity index (χ1) is 14.7. The largest absolute Gasteiger partial charge is 0.455 e. The number of nitrogens with zero attached hydrogens (tertiary/aromatic N) is 3. The quantitative estimate of drug-likeness (QED) is 0.530. The molecule has 166 valence electrons. The molecule has 1 amide bonds. The summed E-state index contributed by atoms with van der Waals surface area (Å²) in [5.41, 5.74) is 2.33. The molecule has 3 rings (SSSR count). The highest BCUT2D eigenvalue weighted by atomic mass is 35.5. The second-order valence-corrected chi connectivity index (χ2v) is 8.36. The van der Waals surface area contributed by atoms with Crippen LogP contribution in [0, 0.1) is 11.7 Å². The molecule has 7 nitrogen and oxygen atoms in total. The number of rotatable bonds is 6. The van der Waals surface area contributed by atoms with Crippen LogP contribution in [0.25, 0.3) is 11.5 Å². The molecule has 2 atom stereocenters. The number of hydrogen-bond donors (Lipinski definition) is 1. The molecule has 0 unspecified atom stereocenters. The molecule has 9 heteroatoms. The van der Waals surface area contributed by atoms with Crippen molar-refractivity contribution in [2.45, 2.75) is 38.5 Å². The minimum Gasteiger partial charge on any atom is -0.455 e. The van der Waals surface area contributed by atoms with Crippen molar-refractivity contribution in [3.8, 4) is 11.5 Å². The SMILES string of the molecule is C[C@H]1CC=C(CC(=O)OCC(=O)N(C)C)CC[C@H]1c1[nH]c(-c2ccc(F)cn2)nc1Cl. The maximum absolute atomic E-state index is 13.1. The molecule has 1 aliphatic rings. The number of hydrogen-bond acceptors (Lipinski definition) is 5. The van der Waals surface area contributed by atoms with E-state index in [4.69, 9.17) is 16.3 Å². The molecule has 0 fully saturated rings. The number of likely N-dealkylation sites (N-methyl/N-ethyl adjacent to an activating group) is 1. The van der Waals surface area contributed by atoms with Crippen LogP contribution in [0.15, 0.2) is 30.0 Å². The second-order valence-electron chi connectivity index (χ2n) is 8.00. The number of allylic oxidation sites excluding steroid dienone is 1. The van der Waals surface area contributed by atoms with Crippen LogP contribution in [-0.2, 0) is 14.3 Å². The Labute approximate surface area is 185 Å². The standard InChI is InChI=1S/C22H26ClFN4O3/c1-13-4-5-14(10-19(30)31-12-18(29)28(2)3)6-8-16(13)20-21(23)27-22(26-20)17-9-7-15(24)11-25-17/h5,7,9,11,13,16H,4,6,8,10,12H2,1-3H3,(H,26,27)/t13-,16+/m0/s1. The molecule has 0 aliphatic heterocycles. The molecule has 31 heavy (non-hydrogen) atoms. The van der Waals surface area contributed by atoms with Crippen LogP contribution in [0.1, 0.15) is 44.2 Å². The number of imidazole rings is 1. The van der Waals surface area contributed by atoms with Gasteiger partial charge in [0.25, 0.3) is 5.91 Å². The van der Waals surface area contributed by atoms with Crippen LogP contribution in [0.3, 0.4) is 0 Å². The molecule has 0 saturated heterocycles. The Kier molecular flexibility index (Phi) is 7.43. The van der Waals surface area contributed by atoms with Gasteiger partial charge in [0, 0.05) is 20.0 Å². The highest BCUT2D eigenvalue weighted by molar-refractivity contribution is 6.30. The molecule has 0 bridgehead atoms. The predicted molar refractivity (Wildman–Crippen MR) is 115 cm³/mol. The second kappa shape index (κ2) is 10.0. The van der Waals surface area contributed by atoms with Crippen LogP contribution in [-0.4, -0.2) is 52.4 Å². The molecule has 0 aromatic carbocycles. The predicted octanol–water partition coefficient (Wildman–Crippen LogP) is 4.12. The Morgan fingerprint density at radius 1 is 1.35 bits per heavy atom. The summed E-state index contributed by atoms with van der Waals surface area (Å²) in [4.78, 5) is 36.8. The first-order valence-corrected chi connectivity index (χ1v) is 10.5. The summed E-state index contributed by atoms with van der Waals surface area (Å²) in [5.74, 6) is -0.180. The number of H-pyrrole nitrogens is 1. The number of halogens is 2. The zero-order valence-electron chi connectivity index (χ0n) is 17.8. The lowest BCUT2D eigenvalue weighted by Gasteiger charge is -2.20. The van der Waals surface area contributed by atoms with Crippen molar-refractivity contribution in [2.24, 2.45) is 5.92 Å². The van der Waals surface area contributed by atoms with E-state index in [0.717, 1.165) is 30.3 Å². The summed E-state index contributed by atoms with van der Waals surface area (Å²) in [5, 5.41) is 0.378. The number of carbonyl (C=O) groups excluding carboxylic acids is 2. The van der Waals surface area contributed by atoms with Gasteiger partial charge in [-0.05, 0) is 37.3 Å². The van der Waals surface area contributed by atoms with Crippen LogP contribution in [0.2, 0.25) is 5.15 Å². The van der Waals surface area contributed by atoms with E-state index in [1.54, 1.807) is 20.2 Å². The van der Waals surface area contributed by atoms with Gasteiger partial charge in [-0.3, -0.25) is 9.59 Å². The average molecular weight is 449 g/mol. The Balaban J connectivity index is 1.64. The van der Waals surface area contributed by atoms with Gasteiger partial charge < -0.3 is 14.6 Å². The zero-order valence-corrected chi connectivity index (χ0v) is 18.6. The van der Waals surface area contributed by atoms with Crippen LogP contribution >= 0.6 is 11.6 Å². The Morgan fingerprint density at radius 2 is 2.13 bits per heavy atom. The molecule has 2 heterocycles. The first-order valence-electron chi connectivity index (χ1n) is 10.2. The molecule has 1 aliphatic carbocycles. The van der Waals surface area contributed by atoms with Gasteiger partial charge in [-0.15, -0.1) is 0 Å². The topological polar surface area (TPSA) is 88.2 Å². The van der Waals surface area contributed by atoms with Crippen LogP contribution < -0.4 is 0 Å². The van der Waals surface area contributed by atoms with Crippen molar-refractivity contribution < 1.29 is 18.7 Å². The van der Waals surface area contributed by atoms with E-state index in [1.807, 2.05) is 0 Å². The number of aromatic nitrogens is 3. The summed E-state index contributed by atoms with van der Waals surface area (Å²) in [6.45, 7) is 1.88. The number of aromatic amines is 1. The van der Waals surface area contributed by atoms with Gasteiger partial charge in [-0.25, -0.2) is 14.4 Å². The Hall–Kier alpha value is -2.74. The Bertz CT molecular complexity index is 972. The molecule has 1 N–H and O–H groups in total. The van der Waals surface area contributed by atoms with Crippen molar-refractivity contribution >= 4 is 23.5 Å². The Morgan fingerprint density at radius 3 is 2.81 bits per heavy atom. The van der Waals surface area contributed by atoms with E-state index in [9.17, 15) is 14.0 Å². The van der Waals surface area contributed by atoms with Crippen molar-refractivity contribution in [1.29, 1.82) is 0 Å². The van der Waals surface area contributed by atoms with Gasteiger partial charge in [-0.1, -0.05) is 30.2 Å². The number of pyridine rings is 1. The monoisotopic (exact) mass is 448 g/mol. The van der Waals surface area contributed by atoms with Crippen LogP contribution in [0.5, 0.6) is 0 Å². The molecule has 0 spiro atoms. The lowest BCUT2D eigenvalue weighted by atomic mass is 9.87. The number of amides is 1. The van der Waals surface area contributed by atoms with E-state index in [0.29, 0.717) is 23.1 Å². The minimum atomic E-state index is -0.415. The van der Waals surface area contributed by atoms with E-state index in [-0.39, 0.29) is 30.8 Å². The fourth-order valence-electron chi connectivity index (χ4n) is 3.59. The summed E-state index contributed by atoms with van der Waals surface area (Å²) >= 11 is 6.42. The summed E-state index contributed by atoms with van der Waals surface area (Å²) in [6, 6.07) is 2.88. The van der Waals surface area contributed by atoms with Crippen molar-refractivity contribution in [2.75, 3.05) is 20.7 Å². The van der Waals surface area contributed by atoms with Crippen molar-refractivity contribution in [3.63, 3.8) is 0 Å². The van der Waals surface area contributed by atoms with E-state index >= 15 is 0 Å². The summed E-state index contributed by atoms with van der Waals surface area (Å²) < 4.78 is 18.2. The number of nitrogens with one attached hydrogen (secondary N) is 1. The average Bonchev–Trinajstić information content (AvgIpc) is 3.02. The maximum Gasteiger partial charge on any atom is 0.310 e. The summed E-state index contributed by atoms with van der Waals surface area (Å²) in [7, 11) is 3.23. The fraction of sp³-hybridized carbons (Fsp3) is 0.455. The molecule has 2 aromatic heterocycles. The highest BCUT2D eigenvalue weighted by Gasteiger charge is 2.27. The van der Waals surface area contributed by atoms with Gasteiger partial charge >= 0.3 is 5.97 Å². The van der Waals surface area contributed by atoms with Gasteiger partial charge in [0.1, 0.15) is 11.5 Å². The number of carbonyl (C=O) groups is 2. The molecule has 2 aromatic rings. The van der Waals surface area contributed by atoms with E-state index in [2.05, 4.69) is 28.0 Å². The smallest absolute Gasteiger partial charge is 0.310 e. The molecule has 0 saturated carbocycles. The third kappa shape index (κ3) is 5.91. The number of ether oxygens (including phenoxy) is 1. The minimum absolute atomic E-state index is 0.120. The third-order valence-electron chi connectivity index (χ3n) is 5.49. The fourth-order valence-corrected chi connectivity index (χ4v) is 3.86. The maximum atomic E-state index is 13.1. The zero-order chi connectivity index (χ0) is 22.5. The molecular formula is C22H26ClFN4O3. The molecular weight excluding hydrogens is 423 g/mol. The van der Waals surface area contributed by atoms with Gasteiger partial charge in [0.05, 0.1) is 18.3 Å². The van der Waals surface area contributed by atoms with E-state index in [1.165, 1.54) is 11.0 Å². The van der Waals surface area contributed by atoms with Crippen molar-refractivity contribution in [1.82, 2.24) is 19.9 Å². The lowest BCUT2D eigenvalue weighted by molar-refractivity contribution is -0.150. The van der Waals surface area contributed by atoms with Gasteiger partial charge in [-0.2, -0.15) is 0 Å². The van der Waals surface area contributed by atoms with Crippen molar-refractivity contribution in [3.05, 3.63) is 46.6 Å². The highest BCUT2D eigenvalue weighted by Crippen LogP contribution is 2.39. The van der Waals surface area contributed by atoms with Crippen LogP contribution in [0.4, 0.5) is 4.39 Å². The summed E-state index contributed by atoms with van der Waals surface area (Å²) in [6.07, 6.45) is 5.67. The lowest BCUT2D eigenvalue weighted by Crippen LogP contribution is -2.27. The first kappa shape index (κ1) is 22.9. The van der Waals surface area contributed by atoms with Gasteiger partial charge in [0.2, 0.25) is 0 Å². The van der Waals surface area contributed by atoms with E-state index < -0.39 is 11.8 Å².